The Morgan fingerprint density at radius 2 is 2.03 bits per heavy atom. The van der Waals surface area contributed by atoms with Crippen LogP contribution in [0.5, 0.6) is 5.75 Å². The number of carbonyl (C=O) groups excluding carboxylic acids is 1. The van der Waals surface area contributed by atoms with Gasteiger partial charge < -0.3 is 14.8 Å². The Labute approximate surface area is 195 Å². The predicted molar refractivity (Wildman–Crippen MR) is 129 cm³/mol. The van der Waals surface area contributed by atoms with Crippen LogP contribution in [0.1, 0.15) is 48.1 Å². The summed E-state index contributed by atoms with van der Waals surface area (Å²) >= 11 is 0. The molecular weight excluding hydrogens is 414 g/mol. The highest BCUT2D eigenvalue weighted by molar-refractivity contribution is 5.70. The van der Waals surface area contributed by atoms with E-state index >= 15 is 0 Å². The number of aryl methyl sites for hydroxylation is 1. The molecule has 0 spiro atoms. The summed E-state index contributed by atoms with van der Waals surface area (Å²) in [6, 6.07) is 16.3. The van der Waals surface area contributed by atoms with Crippen molar-refractivity contribution in [2.75, 3.05) is 25.1 Å². The number of fused-ring (bicyclic) bond motifs is 1. The number of pyridine rings is 2. The van der Waals surface area contributed by atoms with Gasteiger partial charge in [-0.25, -0.2) is 4.98 Å². The zero-order chi connectivity index (χ0) is 22.9. The zero-order valence-electron chi connectivity index (χ0n) is 19.1. The summed E-state index contributed by atoms with van der Waals surface area (Å²) < 4.78 is 11.1. The van der Waals surface area contributed by atoms with Gasteiger partial charge in [-0.3, -0.25) is 9.78 Å². The molecule has 1 aliphatic heterocycles. The summed E-state index contributed by atoms with van der Waals surface area (Å²) in [4.78, 5) is 21.1. The van der Waals surface area contributed by atoms with Crippen LogP contribution in [0, 0.1) is 0 Å². The van der Waals surface area contributed by atoms with E-state index in [0.717, 1.165) is 54.2 Å². The molecule has 2 aromatic heterocycles. The molecule has 1 atom stereocenters. The summed E-state index contributed by atoms with van der Waals surface area (Å²) in [6.07, 6.45) is 7.66. The molecule has 6 heteroatoms. The second kappa shape index (κ2) is 11.5. The Balaban J connectivity index is 1.32. The molecular formula is C27H31N3O3. The zero-order valence-corrected chi connectivity index (χ0v) is 19.1. The molecule has 1 N–H and O–H groups in total. The van der Waals surface area contributed by atoms with E-state index in [9.17, 15) is 4.79 Å². The van der Waals surface area contributed by atoms with Crippen LogP contribution < -0.4 is 10.1 Å². The number of anilines is 1. The van der Waals surface area contributed by atoms with Gasteiger partial charge in [-0.05, 0) is 73.1 Å². The number of nitrogens with zero attached hydrogens (tertiary/aromatic N) is 2. The van der Waals surface area contributed by atoms with E-state index < -0.39 is 0 Å². The highest BCUT2D eigenvalue weighted by atomic mass is 16.5. The summed E-state index contributed by atoms with van der Waals surface area (Å²) in [7, 11) is 0. The SMILES string of the molecule is CCOC(=O)C[C@H](Cc1ccc(OCCc2ccc3c(n2)NCCC3)cc1)c1cccnc1. The second-order valence-corrected chi connectivity index (χ2v) is 8.28. The van der Waals surface area contributed by atoms with Crippen molar-refractivity contribution in [2.24, 2.45) is 0 Å². The molecule has 3 heterocycles. The standard InChI is InChI=1S/C27H31N3O3/c1-2-32-26(31)18-23(22-6-3-14-28-19-22)17-20-7-11-25(12-8-20)33-16-13-24-10-9-21-5-4-15-29-27(21)30-24/h3,6-12,14,19,23H,2,4-5,13,15-18H2,1H3,(H,29,30)/t23-/m0/s1. The Hall–Kier alpha value is -3.41. The lowest BCUT2D eigenvalue weighted by atomic mass is 9.90. The van der Waals surface area contributed by atoms with Gasteiger partial charge in [-0.1, -0.05) is 24.3 Å². The maximum Gasteiger partial charge on any atom is 0.306 e. The summed E-state index contributed by atoms with van der Waals surface area (Å²) in [5.74, 6) is 1.69. The largest absolute Gasteiger partial charge is 0.493 e. The molecule has 1 aliphatic rings. The van der Waals surface area contributed by atoms with E-state index in [2.05, 4.69) is 34.6 Å². The van der Waals surface area contributed by atoms with Crippen LogP contribution >= 0.6 is 0 Å². The third kappa shape index (κ3) is 6.54. The van der Waals surface area contributed by atoms with Gasteiger partial charge in [0.15, 0.2) is 0 Å². The fraction of sp³-hybridized carbons (Fsp3) is 0.370. The number of carbonyl (C=O) groups is 1. The smallest absolute Gasteiger partial charge is 0.306 e. The topological polar surface area (TPSA) is 73.3 Å². The maximum absolute atomic E-state index is 12.1. The average Bonchev–Trinajstić information content (AvgIpc) is 2.85. The fourth-order valence-corrected chi connectivity index (χ4v) is 4.13. The summed E-state index contributed by atoms with van der Waals surface area (Å²) in [5.41, 5.74) is 4.52. The van der Waals surface area contributed by atoms with Crippen molar-refractivity contribution in [1.82, 2.24) is 9.97 Å². The van der Waals surface area contributed by atoms with Gasteiger partial charge in [0.1, 0.15) is 11.6 Å². The Morgan fingerprint density at radius 3 is 2.82 bits per heavy atom. The number of aromatic nitrogens is 2. The molecule has 0 saturated carbocycles. The fourth-order valence-electron chi connectivity index (χ4n) is 4.13. The van der Waals surface area contributed by atoms with Crippen LogP contribution in [-0.2, 0) is 28.8 Å². The van der Waals surface area contributed by atoms with E-state index in [4.69, 9.17) is 14.5 Å². The second-order valence-electron chi connectivity index (χ2n) is 8.28. The van der Waals surface area contributed by atoms with E-state index in [1.54, 1.807) is 6.20 Å². The molecule has 0 aliphatic carbocycles. The Kier molecular flexibility index (Phi) is 7.90. The summed E-state index contributed by atoms with van der Waals surface area (Å²) in [5, 5.41) is 3.38. The van der Waals surface area contributed by atoms with Gasteiger partial charge >= 0.3 is 5.97 Å². The number of ether oxygens (including phenoxy) is 2. The molecule has 4 rings (SSSR count). The highest BCUT2D eigenvalue weighted by Gasteiger charge is 2.18. The van der Waals surface area contributed by atoms with Crippen molar-refractivity contribution in [3.05, 3.63) is 83.3 Å². The number of rotatable bonds is 10. The maximum atomic E-state index is 12.1. The first-order chi connectivity index (χ1) is 16.2. The molecule has 0 saturated heterocycles. The van der Waals surface area contributed by atoms with Crippen LogP contribution in [0.4, 0.5) is 5.82 Å². The van der Waals surface area contributed by atoms with Gasteiger partial charge in [0.05, 0.1) is 19.6 Å². The molecule has 0 bridgehead atoms. The van der Waals surface area contributed by atoms with Crippen molar-refractivity contribution in [3.63, 3.8) is 0 Å². The third-order valence-electron chi connectivity index (χ3n) is 5.86. The molecule has 0 radical (unpaired) electrons. The average molecular weight is 446 g/mol. The van der Waals surface area contributed by atoms with E-state index in [1.807, 2.05) is 37.4 Å². The molecule has 172 valence electrons. The molecule has 0 fully saturated rings. The van der Waals surface area contributed by atoms with E-state index in [1.165, 1.54) is 12.0 Å². The highest BCUT2D eigenvalue weighted by Crippen LogP contribution is 2.26. The van der Waals surface area contributed by atoms with Crippen molar-refractivity contribution in [3.8, 4) is 5.75 Å². The van der Waals surface area contributed by atoms with Crippen molar-refractivity contribution < 1.29 is 14.3 Å². The lowest BCUT2D eigenvalue weighted by Gasteiger charge is -2.17. The monoisotopic (exact) mass is 445 g/mol. The minimum atomic E-state index is -0.183. The molecule has 0 unspecified atom stereocenters. The minimum absolute atomic E-state index is 0.0215. The van der Waals surface area contributed by atoms with Crippen LogP contribution in [0.15, 0.2) is 60.9 Å². The molecule has 3 aromatic rings. The first-order valence-corrected chi connectivity index (χ1v) is 11.7. The molecule has 0 amide bonds. The normalized spacial score (nSPS) is 13.5. The van der Waals surface area contributed by atoms with E-state index in [0.29, 0.717) is 19.6 Å². The number of esters is 1. The van der Waals surface area contributed by atoms with Crippen molar-refractivity contribution in [1.29, 1.82) is 0 Å². The Morgan fingerprint density at radius 1 is 1.15 bits per heavy atom. The van der Waals surface area contributed by atoms with Gasteiger partial charge in [-0.2, -0.15) is 0 Å². The van der Waals surface area contributed by atoms with Crippen LogP contribution in [-0.4, -0.2) is 35.7 Å². The number of hydrogen-bond acceptors (Lipinski definition) is 6. The lowest BCUT2D eigenvalue weighted by molar-refractivity contribution is -0.143. The van der Waals surface area contributed by atoms with Crippen molar-refractivity contribution in [2.45, 2.75) is 44.9 Å². The van der Waals surface area contributed by atoms with Crippen LogP contribution in [0.25, 0.3) is 0 Å². The quantitative estimate of drug-likeness (QED) is 0.455. The molecule has 33 heavy (non-hydrogen) atoms. The third-order valence-corrected chi connectivity index (χ3v) is 5.86. The van der Waals surface area contributed by atoms with Gasteiger partial charge in [0.2, 0.25) is 0 Å². The predicted octanol–water partition coefficient (Wildman–Crippen LogP) is 4.74. The van der Waals surface area contributed by atoms with Crippen LogP contribution in [0.2, 0.25) is 0 Å². The molecule has 1 aromatic carbocycles. The van der Waals surface area contributed by atoms with Crippen molar-refractivity contribution >= 4 is 11.8 Å². The van der Waals surface area contributed by atoms with E-state index in [-0.39, 0.29) is 11.9 Å². The van der Waals surface area contributed by atoms with Crippen LogP contribution in [0.3, 0.4) is 0 Å². The van der Waals surface area contributed by atoms with Gasteiger partial charge in [-0.15, -0.1) is 0 Å². The first-order valence-electron chi connectivity index (χ1n) is 11.7. The van der Waals surface area contributed by atoms with Gasteiger partial charge in [0, 0.05) is 31.1 Å². The Bertz CT molecular complexity index is 1040. The minimum Gasteiger partial charge on any atom is -0.493 e. The number of nitrogens with one attached hydrogen (secondary N) is 1. The molecule has 6 nitrogen and oxygen atoms in total. The first kappa shape index (κ1) is 22.8. The number of benzene rings is 1. The van der Waals surface area contributed by atoms with Gasteiger partial charge in [0.25, 0.3) is 0 Å². The lowest BCUT2D eigenvalue weighted by Crippen LogP contribution is -2.14. The number of hydrogen-bond donors (Lipinski definition) is 1. The summed E-state index contributed by atoms with van der Waals surface area (Å²) in [6.45, 7) is 3.79.